The molecule has 0 spiro atoms. The second-order valence-electron chi connectivity index (χ2n) is 6.18. The average molecular weight is 420 g/mol. The van der Waals surface area contributed by atoms with E-state index in [0.29, 0.717) is 19.5 Å². The van der Waals surface area contributed by atoms with E-state index >= 15 is 0 Å². The van der Waals surface area contributed by atoms with E-state index in [9.17, 15) is 19.2 Å². The van der Waals surface area contributed by atoms with Gasteiger partial charge in [-0.25, -0.2) is 0 Å². The summed E-state index contributed by atoms with van der Waals surface area (Å²) in [5, 5.41) is 0. The molecule has 6 heteroatoms. The van der Waals surface area contributed by atoms with Crippen LogP contribution in [0.2, 0.25) is 0 Å². The molecular formula is C16H32O4PRu. The summed E-state index contributed by atoms with van der Waals surface area (Å²) in [6.07, 6.45) is 2.33. The van der Waals surface area contributed by atoms with Gasteiger partial charge in [-0.1, -0.05) is 0 Å². The normalized spacial score (nSPS) is 19.1. The molecule has 0 aliphatic heterocycles. The molecule has 0 bridgehead atoms. The van der Waals surface area contributed by atoms with Gasteiger partial charge in [0.2, 0.25) is 0 Å². The van der Waals surface area contributed by atoms with Crippen molar-refractivity contribution in [1.82, 2.24) is 0 Å². The van der Waals surface area contributed by atoms with Crippen molar-refractivity contribution in [2.75, 3.05) is 0 Å². The molecule has 3 unspecified atom stereocenters. The van der Waals surface area contributed by atoms with Crippen LogP contribution in [0.25, 0.3) is 0 Å². The quantitative estimate of drug-likeness (QED) is 0.292. The molecule has 0 aromatic carbocycles. The van der Waals surface area contributed by atoms with Crippen LogP contribution in [0.4, 0.5) is 0 Å². The van der Waals surface area contributed by atoms with Crippen LogP contribution in [0.15, 0.2) is 0 Å². The Kier molecular flexibility index (Phi) is 7.92. The van der Waals surface area contributed by atoms with Crippen molar-refractivity contribution in [3.05, 3.63) is 0 Å². The molecule has 0 amide bonds. The van der Waals surface area contributed by atoms with Crippen LogP contribution in [0.5, 0.6) is 0 Å². The fourth-order valence-electron chi connectivity index (χ4n) is 3.99. The topological polar surface area (TPSA) is 68.3 Å². The van der Waals surface area contributed by atoms with Gasteiger partial charge in [-0.05, 0) is 0 Å². The van der Waals surface area contributed by atoms with Gasteiger partial charge in [-0.3, -0.25) is 0 Å². The summed E-state index contributed by atoms with van der Waals surface area (Å²) in [5.41, 5.74) is -2.60. The first kappa shape index (κ1) is 21.7. The molecule has 0 aliphatic rings. The van der Waals surface area contributed by atoms with E-state index in [0.717, 1.165) is 19.3 Å². The Morgan fingerprint density at radius 1 is 0.682 bits per heavy atom. The Hall–Kier alpha value is -0.267. The van der Waals surface area contributed by atoms with Gasteiger partial charge >= 0.3 is 135 Å². The first-order valence-corrected chi connectivity index (χ1v) is 16.6. The van der Waals surface area contributed by atoms with Gasteiger partial charge in [-0.15, -0.1) is 0 Å². The SMILES string of the molecule is CCC(C)[PH](C(C)CC)(C(C)CC)[Ru]([CH]=O)([CH]=O)([CH]=O)[CH]=O. The van der Waals surface area contributed by atoms with Crippen LogP contribution in [-0.2, 0) is 32.3 Å². The molecule has 0 aromatic rings. The van der Waals surface area contributed by atoms with Crippen LogP contribution < -0.4 is 0 Å². The maximum absolute atomic E-state index is 12.2. The number of hydrogen-bond donors (Lipinski definition) is 0. The van der Waals surface area contributed by atoms with E-state index in [4.69, 9.17) is 0 Å². The van der Waals surface area contributed by atoms with Gasteiger partial charge in [0.05, 0.1) is 0 Å². The Labute approximate surface area is 135 Å². The Morgan fingerprint density at radius 3 is 1.05 bits per heavy atom. The first-order valence-electron chi connectivity index (χ1n) is 7.88. The van der Waals surface area contributed by atoms with Crippen molar-refractivity contribution >= 4 is 25.1 Å². The molecule has 22 heavy (non-hydrogen) atoms. The minimum absolute atomic E-state index is 0.0773. The van der Waals surface area contributed by atoms with E-state index in [-0.39, 0.29) is 17.0 Å². The molecule has 0 saturated carbocycles. The third-order valence-corrected chi connectivity index (χ3v) is 36.4. The van der Waals surface area contributed by atoms with E-state index < -0.39 is 18.7 Å². The zero-order valence-electron chi connectivity index (χ0n) is 14.6. The fourth-order valence-corrected chi connectivity index (χ4v) is 37.6. The third kappa shape index (κ3) is 2.59. The van der Waals surface area contributed by atoms with Gasteiger partial charge in [0.15, 0.2) is 0 Å². The Balaban J connectivity index is 7.12. The summed E-state index contributed by atoms with van der Waals surface area (Å²) < 4.78 is 0. The second-order valence-corrected chi connectivity index (χ2v) is 27.2. The molecule has 0 heterocycles. The number of carbonyl (C=O) groups is 4. The monoisotopic (exact) mass is 421 g/mol. The maximum atomic E-state index is 12.2. The van der Waals surface area contributed by atoms with E-state index in [1.54, 1.807) is 0 Å². The summed E-state index contributed by atoms with van der Waals surface area (Å²) in [6.45, 7) is 12.1. The molecule has 0 aromatic heterocycles. The molecule has 4 nitrogen and oxygen atoms in total. The van der Waals surface area contributed by atoms with Crippen molar-refractivity contribution in [3.8, 4) is 0 Å². The van der Waals surface area contributed by atoms with Crippen molar-refractivity contribution in [1.29, 1.82) is 0 Å². The summed E-state index contributed by atoms with van der Waals surface area (Å²) in [6, 6.07) is 0. The summed E-state index contributed by atoms with van der Waals surface area (Å²) in [4.78, 5) is 50.8. The zero-order chi connectivity index (χ0) is 17.6. The zero-order valence-corrected chi connectivity index (χ0v) is 17.4. The van der Waals surface area contributed by atoms with Crippen molar-refractivity contribution in [3.63, 3.8) is 0 Å². The van der Waals surface area contributed by atoms with Gasteiger partial charge in [0.1, 0.15) is 0 Å². The fraction of sp³-hybridized carbons (Fsp3) is 0.750. The van der Waals surface area contributed by atoms with Crippen molar-refractivity contribution in [2.24, 2.45) is 0 Å². The second kappa shape index (κ2) is 8.02. The number of rotatable bonds is 11. The summed E-state index contributed by atoms with van der Waals surface area (Å²) in [7, 11) is 0. The summed E-state index contributed by atoms with van der Waals surface area (Å²) in [5.74, 6) is 0. The third-order valence-electron chi connectivity index (χ3n) is 5.52. The predicted molar refractivity (Wildman–Crippen MR) is 94.6 cm³/mol. The minimum atomic E-state index is -5.02. The van der Waals surface area contributed by atoms with Gasteiger partial charge in [0, 0.05) is 0 Å². The average Bonchev–Trinajstić information content (AvgIpc) is 2.58. The standard InChI is InChI=1S/C12H27P.4CHO.Ru/c1-7-10(4)13(11(5)8-2)12(6)9-3;4*1-2;/h10-12H,7-9H2,1-6H3;4*1H;/q;;;;;-1/p+1. The van der Waals surface area contributed by atoms with Crippen LogP contribution >= 0.6 is 5.59 Å². The van der Waals surface area contributed by atoms with Gasteiger partial charge in [-0.2, -0.15) is 0 Å². The van der Waals surface area contributed by atoms with Crippen LogP contribution in [0.1, 0.15) is 60.8 Å². The van der Waals surface area contributed by atoms with Gasteiger partial charge in [0.25, 0.3) is 0 Å². The molecule has 0 saturated heterocycles. The summed E-state index contributed by atoms with van der Waals surface area (Å²) >= 11 is -5.02. The molecule has 0 N–H and O–H groups in total. The molecule has 133 valence electrons. The van der Waals surface area contributed by atoms with Crippen LogP contribution in [-0.4, -0.2) is 36.5 Å². The molecule has 0 fully saturated rings. The number of carbonyl (C=O) groups excluding carboxylic acids is 4. The van der Waals surface area contributed by atoms with E-state index in [1.165, 1.54) is 0 Å². The van der Waals surface area contributed by atoms with Crippen LogP contribution in [0.3, 0.4) is 0 Å². The molecule has 3 atom stereocenters. The molecule has 0 aliphatic carbocycles. The predicted octanol–water partition coefficient (Wildman–Crippen LogP) is 3.50. The van der Waals surface area contributed by atoms with Crippen molar-refractivity contribution in [2.45, 2.75) is 77.8 Å². The Bertz CT molecular complexity index is 368. The van der Waals surface area contributed by atoms with Crippen molar-refractivity contribution < 1.29 is 32.3 Å². The molecule has 0 rings (SSSR count). The Morgan fingerprint density at radius 2 is 0.909 bits per heavy atom. The first-order chi connectivity index (χ1) is 10.3. The van der Waals surface area contributed by atoms with Gasteiger partial charge < -0.3 is 0 Å². The molecule has 0 radical (unpaired) electrons. The van der Waals surface area contributed by atoms with Crippen LogP contribution in [0, 0.1) is 0 Å². The number of hydrogen-bond acceptors (Lipinski definition) is 4. The van der Waals surface area contributed by atoms with E-state index in [1.807, 2.05) is 41.5 Å². The van der Waals surface area contributed by atoms with E-state index in [2.05, 4.69) is 0 Å². The molecular weight excluding hydrogens is 388 g/mol.